The van der Waals surface area contributed by atoms with E-state index in [0.717, 1.165) is 17.7 Å². The maximum Gasteiger partial charge on any atom is 0.262 e. The summed E-state index contributed by atoms with van der Waals surface area (Å²) in [4.78, 5) is 12.5. The van der Waals surface area contributed by atoms with Gasteiger partial charge in [0, 0.05) is 24.1 Å². The van der Waals surface area contributed by atoms with Gasteiger partial charge in [-0.05, 0) is 26.0 Å². The van der Waals surface area contributed by atoms with Crippen LogP contribution in [0.5, 0.6) is 23.0 Å². The zero-order chi connectivity index (χ0) is 21.0. The van der Waals surface area contributed by atoms with Crippen LogP contribution >= 0.6 is 11.6 Å². The molecule has 1 N–H and O–H groups in total. The Bertz CT molecular complexity index is 971. The highest BCUT2D eigenvalue weighted by Crippen LogP contribution is 2.38. The highest BCUT2D eigenvalue weighted by molar-refractivity contribution is 6.32. The maximum absolute atomic E-state index is 12.5. The van der Waals surface area contributed by atoms with Gasteiger partial charge in [-0.25, -0.2) is 0 Å². The molecular formula is C21H21ClN2O5. The quantitative estimate of drug-likeness (QED) is 0.734. The van der Waals surface area contributed by atoms with E-state index in [2.05, 4.69) is 5.32 Å². The third kappa shape index (κ3) is 4.66. The first-order valence-electron chi connectivity index (χ1n) is 9.11. The van der Waals surface area contributed by atoms with Crippen molar-refractivity contribution < 1.29 is 23.7 Å². The monoisotopic (exact) mass is 416 g/mol. The van der Waals surface area contributed by atoms with Gasteiger partial charge in [0.15, 0.2) is 18.1 Å². The molecule has 7 nitrogen and oxygen atoms in total. The first-order chi connectivity index (χ1) is 13.9. The molecule has 1 heterocycles. The molecule has 1 amide bonds. The summed E-state index contributed by atoms with van der Waals surface area (Å²) < 4.78 is 22.2. The van der Waals surface area contributed by atoms with Gasteiger partial charge in [-0.2, -0.15) is 5.26 Å². The van der Waals surface area contributed by atoms with Gasteiger partial charge in [0.2, 0.25) is 0 Å². The highest BCUT2D eigenvalue weighted by Gasteiger charge is 2.23. The van der Waals surface area contributed by atoms with E-state index in [1.165, 1.54) is 19.2 Å². The summed E-state index contributed by atoms with van der Waals surface area (Å²) in [6.07, 6.45) is 0.878. The largest absolute Gasteiger partial charge is 0.493 e. The third-order valence-corrected chi connectivity index (χ3v) is 4.56. The fraction of sp³-hybridized carbons (Fsp3) is 0.333. The van der Waals surface area contributed by atoms with Gasteiger partial charge in [0.1, 0.15) is 17.6 Å². The van der Waals surface area contributed by atoms with E-state index in [0.29, 0.717) is 23.6 Å². The molecule has 0 unspecified atom stereocenters. The number of nitrogens with one attached hydrogen (secondary N) is 1. The van der Waals surface area contributed by atoms with Gasteiger partial charge in [-0.1, -0.05) is 11.6 Å². The number of methoxy groups -OCH3 is 1. The Hall–Kier alpha value is -3.11. The van der Waals surface area contributed by atoms with E-state index in [9.17, 15) is 4.79 Å². The van der Waals surface area contributed by atoms with E-state index in [1.807, 2.05) is 26.0 Å². The van der Waals surface area contributed by atoms with Crippen molar-refractivity contribution in [1.29, 1.82) is 5.26 Å². The Morgan fingerprint density at radius 2 is 2.10 bits per heavy atom. The van der Waals surface area contributed by atoms with Gasteiger partial charge in [0.25, 0.3) is 5.91 Å². The van der Waals surface area contributed by atoms with Crippen LogP contribution in [0, 0.1) is 11.3 Å². The van der Waals surface area contributed by atoms with Crippen molar-refractivity contribution in [2.45, 2.75) is 26.4 Å². The number of carbonyl (C=O) groups is 1. The standard InChI is InChI=1S/C21H21ClN2O5/c1-4-27-18-8-14-5-12(2)29-17(14)9-16(18)24-20(25)11-28-21-15(22)6-13(10-23)7-19(21)26-3/h6-9,12H,4-5,11H2,1-3H3,(H,24,25)/t12-/m0/s1. The van der Waals surface area contributed by atoms with E-state index in [4.69, 9.17) is 35.8 Å². The van der Waals surface area contributed by atoms with E-state index in [1.54, 1.807) is 6.07 Å². The third-order valence-electron chi connectivity index (χ3n) is 4.28. The zero-order valence-electron chi connectivity index (χ0n) is 16.4. The van der Waals surface area contributed by atoms with Crippen LogP contribution in [0.4, 0.5) is 5.69 Å². The first kappa shape index (κ1) is 20.6. The Morgan fingerprint density at radius 3 is 2.79 bits per heavy atom. The Labute approximate surface area is 174 Å². The molecule has 0 spiro atoms. The predicted molar refractivity (Wildman–Crippen MR) is 108 cm³/mol. The summed E-state index contributed by atoms with van der Waals surface area (Å²) in [5, 5.41) is 12.0. The minimum Gasteiger partial charge on any atom is -0.493 e. The SMILES string of the molecule is CCOc1cc2c(cc1NC(=O)COc1c(Cl)cc(C#N)cc1OC)O[C@@H](C)C2. The number of hydrogen-bond acceptors (Lipinski definition) is 6. The number of benzene rings is 2. The van der Waals surface area contributed by atoms with Crippen LogP contribution in [-0.2, 0) is 11.2 Å². The molecule has 1 aliphatic rings. The highest BCUT2D eigenvalue weighted by atomic mass is 35.5. The molecule has 0 bridgehead atoms. The molecular weight excluding hydrogens is 396 g/mol. The fourth-order valence-corrected chi connectivity index (χ4v) is 3.33. The Balaban J connectivity index is 1.74. The number of nitriles is 1. The minimum absolute atomic E-state index is 0.0831. The number of carbonyl (C=O) groups excluding carboxylic acids is 1. The van der Waals surface area contributed by atoms with Gasteiger partial charge in [-0.15, -0.1) is 0 Å². The molecule has 0 saturated carbocycles. The van der Waals surface area contributed by atoms with E-state index in [-0.39, 0.29) is 29.2 Å². The molecule has 3 rings (SSSR count). The summed E-state index contributed by atoms with van der Waals surface area (Å²) >= 11 is 6.16. The molecule has 0 aliphatic carbocycles. The fourth-order valence-electron chi connectivity index (χ4n) is 3.06. The second-order valence-corrected chi connectivity index (χ2v) is 6.87. The number of anilines is 1. The van der Waals surface area contributed by atoms with Crippen LogP contribution in [0.2, 0.25) is 5.02 Å². The molecule has 0 aromatic heterocycles. The van der Waals surface area contributed by atoms with Crippen LogP contribution in [0.3, 0.4) is 0 Å². The normalized spacial score (nSPS) is 14.4. The van der Waals surface area contributed by atoms with Crippen LogP contribution in [0.25, 0.3) is 0 Å². The lowest BCUT2D eigenvalue weighted by atomic mass is 10.1. The van der Waals surface area contributed by atoms with Gasteiger partial charge >= 0.3 is 0 Å². The summed E-state index contributed by atoms with van der Waals surface area (Å²) in [5.41, 5.74) is 1.88. The second-order valence-electron chi connectivity index (χ2n) is 6.46. The number of ether oxygens (including phenoxy) is 4. The average molecular weight is 417 g/mol. The molecule has 1 atom stereocenters. The van der Waals surface area contributed by atoms with E-state index < -0.39 is 5.91 Å². The average Bonchev–Trinajstić information content (AvgIpc) is 3.05. The van der Waals surface area contributed by atoms with Gasteiger partial charge < -0.3 is 24.3 Å². The van der Waals surface area contributed by atoms with Crippen molar-refractivity contribution in [2.24, 2.45) is 0 Å². The van der Waals surface area contributed by atoms with Crippen LogP contribution in [0.1, 0.15) is 25.0 Å². The lowest BCUT2D eigenvalue weighted by Gasteiger charge is -2.15. The van der Waals surface area contributed by atoms with Crippen LogP contribution < -0.4 is 24.3 Å². The van der Waals surface area contributed by atoms with Gasteiger partial charge in [-0.3, -0.25) is 4.79 Å². The molecule has 29 heavy (non-hydrogen) atoms. The Kier molecular flexibility index (Phi) is 6.35. The predicted octanol–water partition coefficient (Wildman–Crippen LogP) is 3.96. The molecule has 0 fully saturated rings. The topological polar surface area (TPSA) is 89.8 Å². The molecule has 8 heteroatoms. The maximum atomic E-state index is 12.5. The number of fused-ring (bicyclic) bond motifs is 1. The summed E-state index contributed by atoms with van der Waals surface area (Å²) in [6.45, 7) is 4.02. The van der Waals surface area contributed by atoms with Crippen molar-refractivity contribution in [1.82, 2.24) is 0 Å². The molecule has 152 valence electrons. The van der Waals surface area contributed by atoms with Crippen molar-refractivity contribution in [3.05, 3.63) is 40.4 Å². The van der Waals surface area contributed by atoms with Crippen molar-refractivity contribution >= 4 is 23.2 Å². The number of hydrogen-bond donors (Lipinski definition) is 1. The molecule has 2 aromatic carbocycles. The zero-order valence-corrected chi connectivity index (χ0v) is 17.1. The van der Waals surface area contributed by atoms with Gasteiger partial charge in [0.05, 0.1) is 36.1 Å². The Morgan fingerprint density at radius 1 is 1.31 bits per heavy atom. The molecule has 2 aromatic rings. The molecule has 0 radical (unpaired) electrons. The smallest absolute Gasteiger partial charge is 0.262 e. The van der Waals surface area contributed by atoms with Crippen molar-refractivity contribution in [2.75, 3.05) is 25.6 Å². The lowest BCUT2D eigenvalue weighted by molar-refractivity contribution is -0.118. The van der Waals surface area contributed by atoms with Crippen LogP contribution in [-0.4, -0.2) is 32.3 Å². The summed E-state index contributed by atoms with van der Waals surface area (Å²) in [6, 6.07) is 8.57. The second kappa shape index (κ2) is 8.93. The van der Waals surface area contributed by atoms with Crippen molar-refractivity contribution in [3.8, 4) is 29.1 Å². The summed E-state index contributed by atoms with van der Waals surface area (Å²) in [5.74, 6) is 1.37. The van der Waals surface area contributed by atoms with E-state index >= 15 is 0 Å². The van der Waals surface area contributed by atoms with Crippen molar-refractivity contribution in [3.63, 3.8) is 0 Å². The number of rotatable bonds is 7. The first-order valence-corrected chi connectivity index (χ1v) is 9.49. The minimum atomic E-state index is -0.403. The number of amides is 1. The lowest BCUT2D eigenvalue weighted by Crippen LogP contribution is -2.21. The van der Waals surface area contributed by atoms with Crippen LogP contribution in [0.15, 0.2) is 24.3 Å². The summed E-state index contributed by atoms with van der Waals surface area (Å²) in [7, 11) is 1.43. The number of halogens is 1. The molecule has 1 aliphatic heterocycles. The number of nitrogens with zero attached hydrogens (tertiary/aromatic N) is 1. The molecule has 0 saturated heterocycles.